The summed E-state index contributed by atoms with van der Waals surface area (Å²) in [7, 11) is 1.65. The molecule has 2 rings (SSSR count). The van der Waals surface area contributed by atoms with Gasteiger partial charge in [-0.05, 0) is 48.9 Å². The normalized spacial score (nSPS) is 10.2. The van der Waals surface area contributed by atoms with E-state index in [-0.39, 0.29) is 0 Å². The van der Waals surface area contributed by atoms with E-state index in [1.54, 1.807) is 7.11 Å². The smallest absolute Gasteiger partial charge is 0.161 e. The van der Waals surface area contributed by atoms with Gasteiger partial charge in [-0.25, -0.2) is 0 Å². The Balaban J connectivity index is 2.05. The lowest BCUT2D eigenvalue weighted by atomic mass is 10.2. The molecule has 106 valence electrons. The second kappa shape index (κ2) is 7.20. The second-order valence-electron chi connectivity index (χ2n) is 4.28. The van der Waals surface area contributed by atoms with Crippen LogP contribution in [0.1, 0.15) is 12.5 Å². The van der Waals surface area contributed by atoms with Crippen molar-refractivity contribution in [3.8, 4) is 11.5 Å². The Morgan fingerprint density at radius 3 is 2.45 bits per heavy atom. The van der Waals surface area contributed by atoms with Gasteiger partial charge in [0.1, 0.15) is 0 Å². The Morgan fingerprint density at radius 1 is 1.05 bits per heavy atom. The van der Waals surface area contributed by atoms with Crippen LogP contribution in [0.4, 0.5) is 5.69 Å². The molecular formula is C16H18BrNO2. The average molecular weight is 336 g/mol. The van der Waals surface area contributed by atoms with Gasteiger partial charge < -0.3 is 14.8 Å². The molecule has 0 aromatic heterocycles. The summed E-state index contributed by atoms with van der Waals surface area (Å²) in [5, 5.41) is 3.38. The van der Waals surface area contributed by atoms with Crippen molar-refractivity contribution in [1.29, 1.82) is 0 Å². The van der Waals surface area contributed by atoms with Crippen LogP contribution in [0.25, 0.3) is 0 Å². The van der Waals surface area contributed by atoms with Crippen molar-refractivity contribution in [2.24, 2.45) is 0 Å². The minimum Gasteiger partial charge on any atom is -0.493 e. The molecule has 0 unspecified atom stereocenters. The zero-order valence-corrected chi connectivity index (χ0v) is 13.2. The molecule has 0 amide bonds. The van der Waals surface area contributed by atoms with Gasteiger partial charge in [0.2, 0.25) is 0 Å². The predicted molar refractivity (Wildman–Crippen MR) is 85.6 cm³/mol. The molecule has 0 radical (unpaired) electrons. The van der Waals surface area contributed by atoms with E-state index in [4.69, 9.17) is 9.47 Å². The molecule has 0 atom stereocenters. The van der Waals surface area contributed by atoms with Crippen LogP contribution in [0.3, 0.4) is 0 Å². The summed E-state index contributed by atoms with van der Waals surface area (Å²) >= 11 is 3.43. The van der Waals surface area contributed by atoms with E-state index in [2.05, 4.69) is 21.2 Å². The number of anilines is 1. The summed E-state index contributed by atoms with van der Waals surface area (Å²) < 4.78 is 11.9. The van der Waals surface area contributed by atoms with Gasteiger partial charge in [0.25, 0.3) is 0 Å². The minimum atomic E-state index is 0.625. The highest BCUT2D eigenvalue weighted by molar-refractivity contribution is 9.10. The highest BCUT2D eigenvalue weighted by Gasteiger charge is 2.05. The molecule has 2 aromatic carbocycles. The third-order valence-corrected chi connectivity index (χ3v) is 3.40. The second-order valence-corrected chi connectivity index (χ2v) is 5.19. The molecule has 0 heterocycles. The summed E-state index contributed by atoms with van der Waals surface area (Å²) in [5.74, 6) is 1.55. The molecule has 20 heavy (non-hydrogen) atoms. The topological polar surface area (TPSA) is 30.5 Å². The predicted octanol–water partition coefficient (Wildman–Crippen LogP) is 4.47. The highest BCUT2D eigenvalue weighted by Crippen LogP contribution is 2.28. The maximum Gasteiger partial charge on any atom is 0.161 e. The molecule has 0 spiro atoms. The van der Waals surface area contributed by atoms with Crippen molar-refractivity contribution in [1.82, 2.24) is 0 Å². The van der Waals surface area contributed by atoms with Gasteiger partial charge >= 0.3 is 0 Å². The number of benzene rings is 2. The number of ether oxygens (including phenoxy) is 2. The van der Waals surface area contributed by atoms with Crippen LogP contribution in [-0.2, 0) is 6.54 Å². The number of nitrogens with one attached hydrogen (secondary N) is 1. The minimum absolute atomic E-state index is 0.625. The summed E-state index contributed by atoms with van der Waals surface area (Å²) in [6.07, 6.45) is 0. The molecule has 0 saturated heterocycles. The molecule has 0 bridgehead atoms. The zero-order chi connectivity index (χ0) is 14.4. The van der Waals surface area contributed by atoms with Gasteiger partial charge in [-0.1, -0.05) is 22.0 Å². The third-order valence-electron chi connectivity index (χ3n) is 2.87. The van der Waals surface area contributed by atoms with Gasteiger partial charge in [-0.15, -0.1) is 0 Å². The van der Waals surface area contributed by atoms with Crippen LogP contribution in [0.2, 0.25) is 0 Å². The fraction of sp³-hybridized carbons (Fsp3) is 0.250. The van der Waals surface area contributed by atoms with Crippen molar-refractivity contribution in [2.75, 3.05) is 19.0 Å². The van der Waals surface area contributed by atoms with Crippen molar-refractivity contribution >= 4 is 21.6 Å². The van der Waals surface area contributed by atoms with Crippen molar-refractivity contribution in [2.45, 2.75) is 13.5 Å². The number of halogens is 1. The first-order chi connectivity index (χ1) is 9.72. The monoisotopic (exact) mass is 335 g/mol. The number of rotatable bonds is 6. The van der Waals surface area contributed by atoms with Crippen LogP contribution in [-0.4, -0.2) is 13.7 Å². The standard InChI is InChI=1S/C16H18BrNO2/c1-3-20-16-10-12(4-9-15(16)19-2)11-18-14-7-5-13(17)6-8-14/h4-10,18H,3,11H2,1-2H3. The van der Waals surface area contributed by atoms with Crippen LogP contribution < -0.4 is 14.8 Å². The number of hydrogen-bond acceptors (Lipinski definition) is 3. The maximum atomic E-state index is 5.58. The zero-order valence-electron chi connectivity index (χ0n) is 11.7. The Bertz CT molecular complexity index is 555. The van der Waals surface area contributed by atoms with Crippen molar-refractivity contribution < 1.29 is 9.47 Å². The first kappa shape index (κ1) is 14.7. The molecule has 3 nitrogen and oxygen atoms in total. The summed E-state index contributed by atoms with van der Waals surface area (Å²) in [6, 6.07) is 14.1. The van der Waals surface area contributed by atoms with Gasteiger partial charge in [-0.2, -0.15) is 0 Å². The van der Waals surface area contributed by atoms with Gasteiger partial charge in [0.15, 0.2) is 11.5 Å². The first-order valence-electron chi connectivity index (χ1n) is 6.52. The molecular weight excluding hydrogens is 318 g/mol. The molecule has 0 saturated carbocycles. The van der Waals surface area contributed by atoms with Crippen LogP contribution >= 0.6 is 15.9 Å². The maximum absolute atomic E-state index is 5.58. The Labute approximate surface area is 128 Å². The van der Waals surface area contributed by atoms with E-state index < -0.39 is 0 Å². The summed E-state index contributed by atoms with van der Waals surface area (Å²) in [5.41, 5.74) is 2.24. The molecule has 0 fully saturated rings. The van der Waals surface area contributed by atoms with Gasteiger partial charge in [0, 0.05) is 16.7 Å². The van der Waals surface area contributed by atoms with E-state index >= 15 is 0 Å². The number of hydrogen-bond donors (Lipinski definition) is 1. The largest absolute Gasteiger partial charge is 0.493 e. The lowest BCUT2D eigenvalue weighted by Crippen LogP contribution is -2.01. The first-order valence-corrected chi connectivity index (χ1v) is 7.31. The Hall–Kier alpha value is -1.68. The molecule has 0 aliphatic carbocycles. The van der Waals surface area contributed by atoms with Gasteiger partial charge in [0.05, 0.1) is 13.7 Å². The van der Waals surface area contributed by atoms with E-state index in [0.29, 0.717) is 6.61 Å². The average Bonchev–Trinajstić information content (AvgIpc) is 2.47. The SMILES string of the molecule is CCOc1cc(CNc2ccc(Br)cc2)ccc1OC. The van der Waals surface area contributed by atoms with E-state index in [0.717, 1.165) is 33.8 Å². The quantitative estimate of drug-likeness (QED) is 0.844. The fourth-order valence-electron chi connectivity index (χ4n) is 1.87. The highest BCUT2D eigenvalue weighted by atomic mass is 79.9. The van der Waals surface area contributed by atoms with Crippen LogP contribution in [0.15, 0.2) is 46.9 Å². The Kier molecular flexibility index (Phi) is 5.30. The molecule has 0 aliphatic heterocycles. The van der Waals surface area contributed by atoms with Crippen molar-refractivity contribution in [3.05, 3.63) is 52.5 Å². The van der Waals surface area contributed by atoms with E-state index in [1.165, 1.54) is 0 Å². The summed E-state index contributed by atoms with van der Waals surface area (Å²) in [6.45, 7) is 3.33. The lowest BCUT2D eigenvalue weighted by Gasteiger charge is -2.12. The third kappa shape index (κ3) is 3.90. The van der Waals surface area contributed by atoms with E-state index in [1.807, 2.05) is 49.4 Å². The molecule has 0 aliphatic rings. The van der Waals surface area contributed by atoms with Crippen LogP contribution in [0, 0.1) is 0 Å². The fourth-order valence-corrected chi connectivity index (χ4v) is 2.14. The molecule has 1 N–H and O–H groups in total. The van der Waals surface area contributed by atoms with Crippen molar-refractivity contribution in [3.63, 3.8) is 0 Å². The lowest BCUT2D eigenvalue weighted by molar-refractivity contribution is 0.310. The molecule has 4 heteroatoms. The van der Waals surface area contributed by atoms with Crippen LogP contribution in [0.5, 0.6) is 11.5 Å². The Morgan fingerprint density at radius 2 is 1.80 bits per heavy atom. The molecule has 2 aromatic rings. The van der Waals surface area contributed by atoms with E-state index in [9.17, 15) is 0 Å². The van der Waals surface area contributed by atoms with Gasteiger partial charge in [-0.3, -0.25) is 0 Å². The summed E-state index contributed by atoms with van der Waals surface area (Å²) in [4.78, 5) is 0. The number of methoxy groups -OCH3 is 1.